The second-order valence-electron chi connectivity index (χ2n) is 6.04. The summed E-state index contributed by atoms with van der Waals surface area (Å²) in [6.07, 6.45) is 4.59. The third-order valence-electron chi connectivity index (χ3n) is 4.52. The number of carbonyl (C=O) groups excluding carboxylic acids is 2. The Bertz CT molecular complexity index is 771. The van der Waals surface area contributed by atoms with Gasteiger partial charge in [0.05, 0.1) is 50.0 Å². The molecule has 25 heavy (non-hydrogen) atoms. The smallest absolute Gasteiger partial charge is 0.255 e. The van der Waals surface area contributed by atoms with E-state index in [-0.39, 0.29) is 18.4 Å². The van der Waals surface area contributed by atoms with Gasteiger partial charge in [-0.3, -0.25) is 14.3 Å². The number of aromatic nitrogens is 4. The van der Waals surface area contributed by atoms with E-state index in [9.17, 15) is 9.59 Å². The van der Waals surface area contributed by atoms with Gasteiger partial charge < -0.3 is 14.5 Å². The van der Waals surface area contributed by atoms with Gasteiger partial charge in [-0.1, -0.05) is 0 Å². The highest BCUT2D eigenvalue weighted by molar-refractivity contribution is 5.94. The number of rotatable bonds is 2. The highest BCUT2D eigenvalue weighted by Crippen LogP contribution is 2.24. The van der Waals surface area contributed by atoms with E-state index in [0.29, 0.717) is 38.4 Å². The van der Waals surface area contributed by atoms with Crippen molar-refractivity contribution in [3.8, 4) is 0 Å². The second kappa shape index (κ2) is 6.60. The van der Waals surface area contributed by atoms with Gasteiger partial charge in [-0.15, -0.1) is 0 Å². The van der Waals surface area contributed by atoms with Crippen LogP contribution in [0.2, 0.25) is 0 Å². The number of fused-ring (bicyclic) bond motifs is 1. The van der Waals surface area contributed by atoms with E-state index in [2.05, 4.69) is 15.3 Å². The molecular formula is C16H18N6O3. The molecule has 1 fully saturated rings. The normalized spacial score (nSPS) is 20.2. The zero-order chi connectivity index (χ0) is 17.2. The molecule has 0 spiro atoms. The van der Waals surface area contributed by atoms with Crippen molar-refractivity contribution in [2.45, 2.75) is 12.6 Å². The summed E-state index contributed by atoms with van der Waals surface area (Å²) in [6.45, 7) is 2.90. The van der Waals surface area contributed by atoms with Crippen molar-refractivity contribution >= 4 is 11.8 Å². The van der Waals surface area contributed by atoms with Crippen LogP contribution in [-0.4, -0.2) is 74.4 Å². The van der Waals surface area contributed by atoms with Gasteiger partial charge in [-0.05, 0) is 12.1 Å². The topological polar surface area (TPSA) is 93.5 Å². The molecule has 2 aliphatic heterocycles. The molecule has 0 radical (unpaired) electrons. The first-order chi connectivity index (χ1) is 12.2. The van der Waals surface area contributed by atoms with Crippen LogP contribution in [0.15, 0.2) is 30.7 Å². The highest BCUT2D eigenvalue weighted by atomic mass is 16.5. The average Bonchev–Trinajstić information content (AvgIpc) is 3.16. The molecule has 2 aliphatic rings. The van der Waals surface area contributed by atoms with Gasteiger partial charge in [-0.2, -0.15) is 15.3 Å². The van der Waals surface area contributed by atoms with E-state index in [1.807, 2.05) is 6.07 Å². The van der Waals surface area contributed by atoms with Crippen LogP contribution >= 0.6 is 0 Å². The third-order valence-corrected chi connectivity index (χ3v) is 4.52. The fraction of sp³-hybridized carbons (Fsp3) is 0.438. The van der Waals surface area contributed by atoms with Crippen LogP contribution in [0, 0.1) is 0 Å². The number of hydrogen-bond acceptors (Lipinski definition) is 6. The van der Waals surface area contributed by atoms with Crippen molar-refractivity contribution in [1.29, 1.82) is 0 Å². The Morgan fingerprint density at radius 3 is 2.68 bits per heavy atom. The standard InChI is InChI=1S/C16H18N6O3/c23-15(12-1-3-17-18-9-12)21-10-13-2-4-19-22(13)14(11-21)16(24)20-5-7-25-8-6-20/h1-4,9,14H,5-8,10-11H2/t14-/m1/s1. The number of hydrogen-bond donors (Lipinski definition) is 0. The predicted molar refractivity (Wildman–Crippen MR) is 85.4 cm³/mol. The number of amides is 2. The quantitative estimate of drug-likeness (QED) is 0.746. The van der Waals surface area contributed by atoms with Gasteiger partial charge in [0.25, 0.3) is 5.91 Å². The number of nitrogens with zero attached hydrogens (tertiary/aromatic N) is 6. The molecule has 1 atom stereocenters. The Balaban J connectivity index is 1.59. The molecule has 0 unspecified atom stereocenters. The van der Waals surface area contributed by atoms with E-state index in [4.69, 9.17) is 4.74 Å². The third kappa shape index (κ3) is 2.98. The zero-order valence-corrected chi connectivity index (χ0v) is 13.6. The lowest BCUT2D eigenvalue weighted by Gasteiger charge is -2.36. The SMILES string of the molecule is O=C(c1ccnnc1)N1Cc2ccnn2[C@@H](C(=O)N2CCOCC2)C1. The molecule has 2 aromatic heterocycles. The molecule has 0 aromatic carbocycles. The van der Waals surface area contributed by atoms with Crippen molar-refractivity contribution in [2.24, 2.45) is 0 Å². The van der Waals surface area contributed by atoms with E-state index in [0.717, 1.165) is 5.69 Å². The van der Waals surface area contributed by atoms with E-state index >= 15 is 0 Å². The van der Waals surface area contributed by atoms with Crippen molar-refractivity contribution < 1.29 is 14.3 Å². The minimum absolute atomic E-state index is 0.0291. The van der Waals surface area contributed by atoms with Crippen LogP contribution in [0.5, 0.6) is 0 Å². The summed E-state index contributed by atoms with van der Waals surface area (Å²) in [5, 5.41) is 11.8. The van der Waals surface area contributed by atoms with Gasteiger partial charge in [-0.25, -0.2) is 0 Å². The largest absolute Gasteiger partial charge is 0.378 e. The van der Waals surface area contributed by atoms with E-state index < -0.39 is 6.04 Å². The van der Waals surface area contributed by atoms with Crippen LogP contribution in [0.4, 0.5) is 0 Å². The summed E-state index contributed by atoms with van der Waals surface area (Å²) in [5.74, 6) is -0.194. The number of ether oxygens (including phenoxy) is 1. The molecule has 4 heterocycles. The fourth-order valence-electron chi connectivity index (χ4n) is 3.23. The minimum atomic E-state index is -0.518. The summed E-state index contributed by atoms with van der Waals surface area (Å²) in [6, 6.07) is 2.94. The summed E-state index contributed by atoms with van der Waals surface area (Å²) in [5.41, 5.74) is 1.30. The maximum atomic E-state index is 13.0. The Labute approximate surface area is 144 Å². The van der Waals surface area contributed by atoms with Crippen LogP contribution in [0.1, 0.15) is 22.1 Å². The monoisotopic (exact) mass is 342 g/mol. The van der Waals surface area contributed by atoms with Crippen LogP contribution in [0.3, 0.4) is 0 Å². The molecular weight excluding hydrogens is 324 g/mol. The molecule has 4 rings (SSSR count). The fourth-order valence-corrected chi connectivity index (χ4v) is 3.23. The first-order valence-corrected chi connectivity index (χ1v) is 8.19. The van der Waals surface area contributed by atoms with Gasteiger partial charge >= 0.3 is 0 Å². The van der Waals surface area contributed by atoms with Crippen molar-refractivity contribution in [3.63, 3.8) is 0 Å². The molecule has 0 aliphatic carbocycles. The van der Waals surface area contributed by atoms with Crippen molar-refractivity contribution in [3.05, 3.63) is 42.0 Å². The molecule has 1 saturated heterocycles. The average molecular weight is 342 g/mol. The lowest BCUT2D eigenvalue weighted by Crippen LogP contribution is -2.50. The number of carbonyl (C=O) groups is 2. The van der Waals surface area contributed by atoms with E-state index in [1.54, 1.807) is 26.7 Å². The first kappa shape index (κ1) is 15.7. The Kier molecular flexibility index (Phi) is 4.14. The highest BCUT2D eigenvalue weighted by Gasteiger charge is 2.36. The van der Waals surface area contributed by atoms with E-state index in [1.165, 1.54) is 12.4 Å². The molecule has 0 N–H and O–H groups in total. The summed E-state index contributed by atoms with van der Waals surface area (Å²) in [7, 11) is 0. The number of morpholine rings is 1. The Hall–Kier alpha value is -2.81. The molecule has 2 amide bonds. The summed E-state index contributed by atoms with van der Waals surface area (Å²) >= 11 is 0. The lowest BCUT2D eigenvalue weighted by molar-refractivity contribution is -0.140. The second-order valence-corrected chi connectivity index (χ2v) is 6.04. The zero-order valence-electron chi connectivity index (χ0n) is 13.6. The molecule has 0 bridgehead atoms. The maximum Gasteiger partial charge on any atom is 0.255 e. The minimum Gasteiger partial charge on any atom is -0.378 e. The molecule has 9 nitrogen and oxygen atoms in total. The summed E-state index contributed by atoms with van der Waals surface area (Å²) < 4.78 is 7.04. The van der Waals surface area contributed by atoms with Crippen LogP contribution < -0.4 is 0 Å². The van der Waals surface area contributed by atoms with Crippen LogP contribution in [-0.2, 0) is 16.1 Å². The first-order valence-electron chi connectivity index (χ1n) is 8.19. The van der Waals surface area contributed by atoms with Gasteiger partial charge in [0.2, 0.25) is 5.91 Å². The van der Waals surface area contributed by atoms with Crippen molar-refractivity contribution in [2.75, 3.05) is 32.8 Å². The van der Waals surface area contributed by atoms with Gasteiger partial charge in [0, 0.05) is 19.3 Å². The maximum absolute atomic E-state index is 13.0. The Morgan fingerprint density at radius 2 is 1.92 bits per heavy atom. The van der Waals surface area contributed by atoms with Crippen LogP contribution in [0.25, 0.3) is 0 Å². The molecule has 9 heteroatoms. The molecule has 0 saturated carbocycles. The lowest BCUT2D eigenvalue weighted by atomic mass is 10.1. The predicted octanol–water partition coefficient (Wildman–Crippen LogP) is -0.271. The van der Waals surface area contributed by atoms with Gasteiger partial charge in [0.15, 0.2) is 0 Å². The molecule has 2 aromatic rings. The van der Waals surface area contributed by atoms with Gasteiger partial charge in [0.1, 0.15) is 6.04 Å². The molecule has 130 valence electrons. The Morgan fingerprint density at radius 1 is 1.08 bits per heavy atom. The van der Waals surface area contributed by atoms with Crippen molar-refractivity contribution in [1.82, 2.24) is 29.8 Å². The summed E-state index contributed by atoms with van der Waals surface area (Å²) in [4.78, 5) is 29.2.